The third-order valence-electron chi connectivity index (χ3n) is 2.73. The number of hydrogen-bond acceptors (Lipinski definition) is 3. The van der Waals surface area contributed by atoms with Gasteiger partial charge in [0.15, 0.2) is 5.82 Å². The first-order chi connectivity index (χ1) is 8.09. The number of aliphatic hydroxyl groups excluding tert-OH is 1. The number of nitrogens with zero attached hydrogens (tertiary/aromatic N) is 1. The van der Waals surface area contributed by atoms with E-state index in [2.05, 4.69) is 10.3 Å². The van der Waals surface area contributed by atoms with Crippen LogP contribution in [0.15, 0.2) is 12.3 Å². The van der Waals surface area contributed by atoms with Crippen molar-refractivity contribution in [1.29, 1.82) is 0 Å². The second-order valence-corrected chi connectivity index (χ2v) is 4.08. The summed E-state index contributed by atoms with van der Waals surface area (Å²) in [6, 6.07) is 1.09. The van der Waals surface area contributed by atoms with E-state index in [9.17, 15) is 18.7 Å². The maximum absolute atomic E-state index is 13.2. The SMILES string of the molecule is O=C(NCC(O)C1CC1)c1ccnc(F)c1F. The van der Waals surface area contributed by atoms with Gasteiger partial charge < -0.3 is 10.4 Å². The zero-order chi connectivity index (χ0) is 12.4. The summed E-state index contributed by atoms with van der Waals surface area (Å²) in [7, 11) is 0. The molecule has 1 unspecified atom stereocenters. The van der Waals surface area contributed by atoms with Crippen LogP contribution in [0.5, 0.6) is 0 Å². The van der Waals surface area contributed by atoms with Gasteiger partial charge in [0.05, 0.1) is 11.7 Å². The molecule has 1 aliphatic rings. The minimum absolute atomic E-state index is 0.0485. The minimum Gasteiger partial charge on any atom is -0.391 e. The molecular formula is C11H12F2N2O2. The molecule has 0 aromatic carbocycles. The number of nitrogens with one attached hydrogen (secondary N) is 1. The quantitative estimate of drug-likeness (QED) is 0.770. The van der Waals surface area contributed by atoms with E-state index in [1.807, 2.05) is 0 Å². The number of halogens is 2. The van der Waals surface area contributed by atoms with Crippen LogP contribution in [0.1, 0.15) is 23.2 Å². The fraction of sp³-hybridized carbons (Fsp3) is 0.455. The molecule has 1 fully saturated rings. The number of carbonyl (C=O) groups is 1. The Morgan fingerprint density at radius 2 is 2.29 bits per heavy atom. The lowest BCUT2D eigenvalue weighted by atomic mass is 10.2. The van der Waals surface area contributed by atoms with Crippen molar-refractivity contribution < 1.29 is 18.7 Å². The van der Waals surface area contributed by atoms with Crippen LogP contribution in [0.2, 0.25) is 0 Å². The summed E-state index contributed by atoms with van der Waals surface area (Å²) in [5.74, 6) is -3.11. The van der Waals surface area contributed by atoms with Crippen LogP contribution in [-0.2, 0) is 0 Å². The number of aromatic nitrogens is 1. The van der Waals surface area contributed by atoms with Gasteiger partial charge in [-0.3, -0.25) is 4.79 Å². The Balaban J connectivity index is 1.96. The molecule has 0 aliphatic heterocycles. The van der Waals surface area contributed by atoms with Crippen molar-refractivity contribution >= 4 is 5.91 Å². The van der Waals surface area contributed by atoms with Gasteiger partial charge in [-0.2, -0.15) is 4.39 Å². The van der Waals surface area contributed by atoms with Crippen LogP contribution >= 0.6 is 0 Å². The van der Waals surface area contributed by atoms with Gasteiger partial charge >= 0.3 is 0 Å². The van der Waals surface area contributed by atoms with Crippen molar-refractivity contribution in [3.8, 4) is 0 Å². The Kier molecular flexibility index (Phi) is 3.33. The molecule has 1 aromatic rings. The zero-order valence-electron chi connectivity index (χ0n) is 8.99. The van der Waals surface area contributed by atoms with Gasteiger partial charge in [0, 0.05) is 12.7 Å². The molecule has 1 saturated carbocycles. The Morgan fingerprint density at radius 3 is 2.94 bits per heavy atom. The Morgan fingerprint density at radius 1 is 1.59 bits per heavy atom. The number of pyridine rings is 1. The molecule has 1 aromatic heterocycles. The number of aliphatic hydroxyl groups is 1. The van der Waals surface area contributed by atoms with Gasteiger partial charge in [-0.25, -0.2) is 9.37 Å². The smallest absolute Gasteiger partial charge is 0.254 e. The molecule has 2 rings (SSSR count). The second-order valence-electron chi connectivity index (χ2n) is 4.08. The maximum Gasteiger partial charge on any atom is 0.254 e. The molecule has 1 aliphatic carbocycles. The normalized spacial score (nSPS) is 16.6. The molecule has 0 spiro atoms. The average Bonchev–Trinajstić information content (AvgIpc) is 3.13. The molecule has 0 bridgehead atoms. The van der Waals surface area contributed by atoms with Gasteiger partial charge in [-0.1, -0.05) is 0 Å². The van der Waals surface area contributed by atoms with Crippen molar-refractivity contribution in [3.05, 3.63) is 29.6 Å². The van der Waals surface area contributed by atoms with Crippen molar-refractivity contribution in [2.24, 2.45) is 5.92 Å². The topological polar surface area (TPSA) is 62.2 Å². The predicted octanol–water partition coefficient (Wildman–Crippen LogP) is 0.860. The van der Waals surface area contributed by atoms with E-state index in [1.54, 1.807) is 0 Å². The summed E-state index contributed by atoms with van der Waals surface area (Å²) in [6.07, 6.45) is 2.28. The molecule has 0 saturated heterocycles. The van der Waals surface area contributed by atoms with Gasteiger partial charge in [0.1, 0.15) is 0 Å². The number of hydrogen-bond donors (Lipinski definition) is 2. The van der Waals surface area contributed by atoms with Crippen LogP contribution in [0.4, 0.5) is 8.78 Å². The molecule has 6 heteroatoms. The zero-order valence-corrected chi connectivity index (χ0v) is 8.99. The lowest BCUT2D eigenvalue weighted by Gasteiger charge is -2.10. The molecule has 1 atom stereocenters. The van der Waals surface area contributed by atoms with E-state index >= 15 is 0 Å². The lowest BCUT2D eigenvalue weighted by molar-refractivity contribution is 0.0896. The summed E-state index contributed by atoms with van der Waals surface area (Å²) in [5.41, 5.74) is -0.402. The number of amides is 1. The van der Waals surface area contributed by atoms with E-state index in [0.717, 1.165) is 25.1 Å². The first-order valence-electron chi connectivity index (χ1n) is 5.36. The van der Waals surface area contributed by atoms with Gasteiger partial charge in [-0.05, 0) is 24.8 Å². The highest BCUT2D eigenvalue weighted by atomic mass is 19.2. The third-order valence-corrected chi connectivity index (χ3v) is 2.73. The highest BCUT2D eigenvalue weighted by Gasteiger charge is 2.30. The van der Waals surface area contributed by atoms with Crippen LogP contribution in [0.3, 0.4) is 0 Å². The van der Waals surface area contributed by atoms with E-state index in [-0.39, 0.29) is 12.5 Å². The van der Waals surface area contributed by atoms with Crippen LogP contribution in [-0.4, -0.2) is 28.6 Å². The highest BCUT2D eigenvalue weighted by Crippen LogP contribution is 2.32. The highest BCUT2D eigenvalue weighted by molar-refractivity contribution is 5.94. The third kappa shape index (κ3) is 2.76. The maximum atomic E-state index is 13.2. The molecule has 17 heavy (non-hydrogen) atoms. The van der Waals surface area contributed by atoms with Crippen molar-refractivity contribution in [2.75, 3.05) is 6.54 Å². The monoisotopic (exact) mass is 242 g/mol. The lowest BCUT2D eigenvalue weighted by Crippen LogP contribution is -2.33. The van der Waals surface area contributed by atoms with Crippen LogP contribution in [0, 0.1) is 17.7 Å². The average molecular weight is 242 g/mol. The molecule has 0 radical (unpaired) electrons. The summed E-state index contributed by atoms with van der Waals surface area (Å²) in [4.78, 5) is 14.6. The standard InChI is InChI=1S/C11H12F2N2O2/c12-9-7(3-4-14-10(9)13)11(17)15-5-8(16)6-1-2-6/h3-4,6,8,16H,1-2,5H2,(H,15,17). The molecule has 2 N–H and O–H groups in total. The second kappa shape index (κ2) is 4.75. The van der Waals surface area contributed by atoms with Gasteiger partial charge in [-0.15, -0.1) is 0 Å². The predicted molar refractivity (Wildman–Crippen MR) is 55.2 cm³/mol. The Bertz CT molecular complexity index is 435. The van der Waals surface area contributed by atoms with E-state index in [4.69, 9.17) is 0 Å². The van der Waals surface area contributed by atoms with E-state index in [1.165, 1.54) is 0 Å². The molecule has 4 nitrogen and oxygen atoms in total. The summed E-state index contributed by atoms with van der Waals surface area (Å²) >= 11 is 0. The van der Waals surface area contributed by atoms with E-state index < -0.39 is 29.3 Å². The van der Waals surface area contributed by atoms with Crippen LogP contribution < -0.4 is 5.32 Å². The summed E-state index contributed by atoms with van der Waals surface area (Å²) < 4.78 is 25.9. The Hall–Kier alpha value is -1.56. The fourth-order valence-corrected chi connectivity index (χ4v) is 1.53. The van der Waals surface area contributed by atoms with Gasteiger partial charge in [0.25, 0.3) is 5.91 Å². The molecule has 1 amide bonds. The van der Waals surface area contributed by atoms with E-state index in [0.29, 0.717) is 0 Å². The number of rotatable bonds is 4. The first-order valence-corrected chi connectivity index (χ1v) is 5.36. The number of carbonyl (C=O) groups excluding carboxylic acids is 1. The van der Waals surface area contributed by atoms with Crippen LogP contribution in [0.25, 0.3) is 0 Å². The largest absolute Gasteiger partial charge is 0.391 e. The van der Waals surface area contributed by atoms with Crippen molar-refractivity contribution in [2.45, 2.75) is 18.9 Å². The fourth-order valence-electron chi connectivity index (χ4n) is 1.53. The van der Waals surface area contributed by atoms with Crippen molar-refractivity contribution in [1.82, 2.24) is 10.3 Å². The summed E-state index contributed by atoms with van der Waals surface area (Å²) in [6.45, 7) is 0.0485. The molecule has 1 heterocycles. The Labute approximate surface area is 96.7 Å². The molecule has 92 valence electrons. The minimum atomic E-state index is -1.31. The molecular weight excluding hydrogens is 230 g/mol. The summed E-state index contributed by atoms with van der Waals surface area (Å²) in [5, 5.41) is 11.9. The van der Waals surface area contributed by atoms with Crippen molar-refractivity contribution in [3.63, 3.8) is 0 Å². The first kappa shape index (κ1) is 11.9. The van der Waals surface area contributed by atoms with Gasteiger partial charge in [0.2, 0.25) is 5.95 Å².